The van der Waals surface area contributed by atoms with E-state index in [1.807, 2.05) is 87.5 Å². The highest BCUT2D eigenvalue weighted by Gasteiger charge is 2.75. The van der Waals surface area contributed by atoms with Gasteiger partial charge in [-0.15, -0.1) is 13.2 Å². The number of carbonyl (C=O) groups is 3. The number of benzene rings is 3. The highest BCUT2D eigenvalue weighted by Crippen LogP contribution is 2.60. The Morgan fingerprint density at radius 1 is 1.00 bits per heavy atom. The van der Waals surface area contributed by atoms with Crippen molar-refractivity contribution in [3.05, 3.63) is 92.0 Å². The second-order valence-electron chi connectivity index (χ2n) is 13.4. The van der Waals surface area contributed by atoms with Crippen LogP contribution in [0, 0.1) is 17.8 Å². The van der Waals surface area contributed by atoms with Crippen molar-refractivity contribution in [2.24, 2.45) is 17.8 Å². The molecule has 0 aromatic heterocycles. The van der Waals surface area contributed by atoms with Gasteiger partial charge in [0.2, 0.25) is 11.8 Å². The minimum Gasteiger partial charge on any atom is -0.494 e. The predicted molar refractivity (Wildman–Crippen MR) is 191 cm³/mol. The average Bonchev–Trinajstić information content (AvgIpc) is 3.77. The van der Waals surface area contributed by atoms with Crippen molar-refractivity contribution < 1.29 is 29.0 Å². The number of ether oxygens (including phenoxy) is 2. The van der Waals surface area contributed by atoms with Gasteiger partial charge in [-0.05, 0) is 72.9 Å². The molecule has 3 aliphatic rings. The first-order valence-electron chi connectivity index (χ1n) is 17.4. The van der Waals surface area contributed by atoms with Gasteiger partial charge >= 0.3 is 0 Å². The van der Waals surface area contributed by atoms with E-state index < -0.39 is 35.6 Å². The third kappa shape index (κ3) is 5.82. The molecule has 49 heavy (non-hydrogen) atoms. The van der Waals surface area contributed by atoms with Crippen molar-refractivity contribution >= 4 is 39.9 Å². The molecule has 9 heteroatoms. The van der Waals surface area contributed by atoms with Crippen LogP contribution in [-0.4, -0.2) is 77.8 Å². The zero-order valence-electron chi connectivity index (χ0n) is 28.7. The second kappa shape index (κ2) is 14.2. The summed E-state index contributed by atoms with van der Waals surface area (Å²) in [4.78, 5) is 49.5. The number of aliphatic hydroxyl groups excluding tert-OH is 1. The summed E-state index contributed by atoms with van der Waals surface area (Å²) in [5.41, 5.74) is 0.101. The smallest absolute Gasteiger partial charge is 0.253 e. The number of amides is 3. The van der Waals surface area contributed by atoms with Crippen LogP contribution < -0.4 is 14.5 Å². The summed E-state index contributed by atoms with van der Waals surface area (Å²) in [7, 11) is 0. The summed E-state index contributed by atoms with van der Waals surface area (Å²) in [5, 5.41) is 12.8. The molecule has 1 N–H and O–H groups in total. The Morgan fingerprint density at radius 2 is 1.65 bits per heavy atom. The van der Waals surface area contributed by atoms with E-state index in [9.17, 15) is 14.7 Å². The van der Waals surface area contributed by atoms with Gasteiger partial charge in [-0.25, -0.2) is 0 Å². The van der Waals surface area contributed by atoms with Crippen LogP contribution in [0.15, 0.2) is 92.0 Å². The lowest BCUT2D eigenvalue weighted by atomic mass is 9.70. The highest BCUT2D eigenvalue weighted by atomic mass is 16.5. The number of anilines is 2. The van der Waals surface area contributed by atoms with Crippen molar-refractivity contribution in [1.29, 1.82) is 0 Å². The number of carbonyl (C=O) groups excluding carboxylic acids is 3. The van der Waals surface area contributed by atoms with Gasteiger partial charge in [0.15, 0.2) is 0 Å². The van der Waals surface area contributed by atoms with E-state index in [0.717, 1.165) is 10.8 Å². The number of rotatable bonds is 14. The molecule has 258 valence electrons. The maximum absolute atomic E-state index is 15.1. The van der Waals surface area contributed by atoms with Crippen LogP contribution in [0.1, 0.15) is 40.0 Å². The third-order valence-electron chi connectivity index (χ3n) is 10.8. The number of fused-ring (bicyclic) bond motifs is 2. The summed E-state index contributed by atoms with van der Waals surface area (Å²) in [6.07, 6.45) is 4.48. The van der Waals surface area contributed by atoms with Crippen molar-refractivity contribution in [3.63, 3.8) is 0 Å². The number of likely N-dealkylation sites (tertiary alicyclic amines) is 1. The molecule has 0 aliphatic carbocycles. The standard InChI is InChI=1S/C40H47N3O6/c1-6-22-41(29-16-18-31(19-17-29)48-9-4)37(45)34-33-20-21-40(49-33)35(34)38(46)43(32(25-44)26(5)8-3)36(40)39(47)42(23-7-2)30-15-14-27-12-10-11-13-28(27)24-30/h6-7,10-19,24,26,32-36,44H,1-2,8-9,20-23,25H2,3-5H3/t26-,32-,33+,34-,35-,36?,40?/m0/s1. The first kappa shape index (κ1) is 34.4. The molecule has 3 fully saturated rings. The van der Waals surface area contributed by atoms with Crippen LogP contribution in [0.4, 0.5) is 11.4 Å². The van der Waals surface area contributed by atoms with Crippen molar-refractivity contribution in [3.8, 4) is 5.75 Å². The molecule has 2 unspecified atom stereocenters. The van der Waals surface area contributed by atoms with Crippen LogP contribution >= 0.6 is 0 Å². The van der Waals surface area contributed by atoms with Gasteiger partial charge in [-0.1, -0.05) is 62.8 Å². The van der Waals surface area contributed by atoms with E-state index in [0.29, 0.717) is 43.0 Å². The molecule has 3 aliphatic heterocycles. The van der Waals surface area contributed by atoms with E-state index in [1.54, 1.807) is 26.9 Å². The molecule has 0 saturated carbocycles. The van der Waals surface area contributed by atoms with E-state index in [-0.39, 0.29) is 43.3 Å². The summed E-state index contributed by atoms with van der Waals surface area (Å²) >= 11 is 0. The van der Waals surface area contributed by atoms with E-state index in [4.69, 9.17) is 9.47 Å². The van der Waals surface area contributed by atoms with Crippen LogP contribution in [0.3, 0.4) is 0 Å². The molecular weight excluding hydrogens is 618 g/mol. The van der Waals surface area contributed by atoms with Crippen LogP contribution in [0.2, 0.25) is 0 Å². The maximum Gasteiger partial charge on any atom is 0.253 e. The zero-order valence-corrected chi connectivity index (χ0v) is 28.7. The first-order chi connectivity index (χ1) is 23.7. The Bertz CT molecular complexity index is 1720. The fourth-order valence-electron chi connectivity index (χ4n) is 8.29. The SMILES string of the molecule is C=CCN(C(=O)C1N([C@@H](CO)[C@@H](C)CC)C(=O)[C@@H]2[C@@H](C(=O)N(CC=C)c3ccc(OCC)cc3)[C@H]3CCC12O3)c1ccc2ccccc2c1. The molecule has 6 rings (SSSR count). The lowest BCUT2D eigenvalue weighted by Gasteiger charge is -2.41. The lowest BCUT2D eigenvalue weighted by molar-refractivity contribution is -0.145. The first-order valence-corrected chi connectivity index (χ1v) is 17.4. The molecule has 3 amide bonds. The second-order valence-corrected chi connectivity index (χ2v) is 13.4. The average molecular weight is 666 g/mol. The summed E-state index contributed by atoms with van der Waals surface area (Å²) in [6, 6.07) is 19.4. The Hall–Kier alpha value is -4.47. The quantitative estimate of drug-likeness (QED) is 0.220. The van der Waals surface area contributed by atoms with Crippen LogP contribution in [-0.2, 0) is 19.1 Å². The Balaban J connectivity index is 1.43. The number of nitrogens with zero attached hydrogens (tertiary/aromatic N) is 3. The van der Waals surface area contributed by atoms with Gasteiger partial charge < -0.3 is 29.3 Å². The van der Waals surface area contributed by atoms with Gasteiger partial charge in [-0.2, -0.15) is 0 Å². The van der Waals surface area contributed by atoms with Gasteiger partial charge in [0, 0.05) is 24.5 Å². The topological polar surface area (TPSA) is 99.6 Å². The fourth-order valence-corrected chi connectivity index (χ4v) is 8.29. The number of aliphatic hydroxyl groups is 1. The minimum absolute atomic E-state index is 0.111. The third-order valence-corrected chi connectivity index (χ3v) is 10.8. The van der Waals surface area contributed by atoms with Crippen molar-refractivity contribution in [2.45, 2.75) is 63.8 Å². The summed E-state index contributed by atoms with van der Waals surface area (Å²) < 4.78 is 12.4. The van der Waals surface area contributed by atoms with Crippen LogP contribution in [0.25, 0.3) is 10.8 Å². The molecule has 3 saturated heterocycles. The Kier molecular flexibility index (Phi) is 9.95. The molecule has 3 aromatic carbocycles. The molecule has 1 spiro atoms. The van der Waals surface area contributed by atoms with Crippen LogP contribution in [0.5, 0.6) is 5.75 Å². The predicted octanol–water partition coefficient (Wildman–Crippen LogP) is 5.76. The molecule has 7 atom stereocenters. The van der Waals surface area contributed by atoms with Gasteiger partial charge in [0.25, 0.3) is 5.91 Å². The maximum atomic E-state index is 15.1. The van der Waals surface area contributed by atoms with Crippen molar-refractivity contribution in [2.75, 3.05) is 36.1 Å². The monoisotopic (exact) mass is 665 g/mol. The van der Waals surface area contributed by atoms with Crippen molar-refractivity contribution in [1.82, 2.24) is 4.90 Å². The fraction of sp³-hybridized carbons (Fsp3) is 0.425. The molecule has 3 heterocycles. The van der Waals surface area contributed by atoms with Gasteiger partial charge in [0.05, 0.1) is 37.2 Å². The molecule has 0 radical (unpaired) electrons. The Morgan fingerprint density at radius 3 is 2.29 bits per heavy atom. The van der Waals surface area contributed by atoms with Gasteiger partial charge in [0.1, 0.15) is 17.4 Å². The Labute approximate surface area is 288 Å². The van der Waals surface area contributed by atoms with E-state index >= 15 is 4.79 Å². The summed E-state index contributed by atoms with van der Waals surface area (Å²) in [5.74, 6) is -1.99. The van der Waals surface area contributed by atoms with E-state index in [1.165, 1.54) is 0 Å². The molecule has 3 aromatic rings. The highest BCUT2D eigenvalue weighted by molar-refractivity contribution is 6.07. The lowest BCUT2D eigenvalue weighted by Crippen LogP contribution is -2.60. The summed E-state index contributed by atoms with van der Waals surface area (Å²) in [6.45, 7) is 14.4. The zero-order chi connectivity index (χ0) is 34.9. The normalized spacial score (nSPS) is 25.1. The molecular formula is C40H47N3O6. The minimum atomic E-state index is -1.23. The molecule has 2 bridgehead atoms. The largest absolute Gasteiger partial charge is 0.494 e. The number of hydrogen-bond acceptors (Lipinski definition) is 6. The molecule has 9 nitrogen and oxygen atoms in total. The number of hydrogen-bond donors (Lipinski definition) is 1. The van der Waals surface area contributed by atoms with Gasteiger partial charge in [-0.3, -0.25) is 14.4 Å². The van der Waals surface area contributed by atoms with E-state index in [2.05, 4.69) is 13.2 Å².